The van der Waals surface area contributed by atoms with Crippen LogP contribution in [0.2, 0.25) is 0 Å². The van der Waals surface area contributed by atoms with Crippen LogP contribution in [0.3, 0.4) is 0 Å². The van der Waals surface area contributed by atoms with Gasteiger partial charge in [-0.3, -0.25) is 9.59 Å². The number of aliphatic hydroxyl groups is 1. The molecule has 2 aromatic carbocycles. The molecule has 0 radical (unpaired) electrons. The van der Waals surface area contributed by atoms with E-state index in [2.05, 4.69) is 0 Å². The van der Waals surface area contributed by atoms with Gasteiger partial charge in [0.2, 0.25) is 11.8 Å². The Kier molecular flexibility index (Phi) is 5.75. The second-order valence-corrected chi connectivity index (χ2v) is 9.10. The van der Waals surface area contributed by atoms with Gasteiger partial charge < -0.3 is 14.6 Å². The molecule has 36 heavy (non-hydrogen) atoms. The number of fused-ring (bicyclic) bond motifs is 5. The van der Waals surface area contributed by atoms with Crippen molar-refractivity contribution in [3.63, 3.8) is 0 Å². The van der Waals surface area contributed by atoms with E-state index >= 15 is 0 Å². The zero-order chi connectivity index (χ0) is 25.7. The Balaban J connectivity index is 1.49. The van der Waals surface area contributed by atoms with Gasteiger partial charge in [0.05, 0.1) is 47.9 Å². The third-order valence-electron chi connectivity index (χ3n) is 7.02. The van der Waals surface area contributed by atoms with E-state index < -0.39 is 52.2 Å². The highest BCUT2D eigenvalue weighted by Gasteiger charge is 2.73. The number of ether oxygens (including phenoxy) is 2. The van der Waals surface area contributed by atoms with Gasteiger partial charge in [0.1, 0.15) is 11.2 Å². The molecule has 2 bridgehead atoms. The van der Waals surface area contributed by atoms with Crippen LogP contribution in [0.4, 0.5) is 18.9 Å². The molecule has 3 aliphatic rings. The summed E-state index contributed by atoms with van der Waals surface area (Å²) in [4.78, 5) is 27.9. The fourth-order valence-electron chi connectivity index (χ4n) is 5.48. The number of carbonyl (C=O) groups excluding carboxylic acids is 2. The van der Waals surface area contributed by atoms with E-state index in [0.29, 0.717) is 6.07 Å². The first-order valence-electron chi connectivity index (χ1n) is 11.3. The second kappa shape index (κ2) is 8.55. The van der Waals surface area contributed by atoms with Crippen molar-refractivity contribution in [1.82, 2.24) is 0 Å². The highest BCUT2D eigenvalue weighted by atomic mass is 19.4. The van der Waals surface area contributed by atoms with E-state index in [1.165, 1.54) is 6.07 Å². The Morgan fingerprint density at radius 1 is 1.06 bits per heavy atom. The normalized spacial score (nSPS) is 28.6. The van der Waals surface area contributed by atoms with Crippen LogP contribution in [0, 0.1) is 23.2 Å². The molecule has 3 heterocycles. The molecule has 7 nitrogen and oxygen atoms in total. The molecule has 0 unspecified atom stereocenters. The monoisotopic (exact) mass is 498 g/mol. The van der Waals surface area contributed by atoms with Gasteiger partial charge in [-0.2, -0.15) is 18.4 Å². The fourth-order valence-corrected chi connectivity index (χ4v) is 5.48. The molecule has 10 heteroatoms. The molecule has 1 N–H and O–H groups in total. The Bertz CT molecular complexity index is 1290. The SMILES string of the molecule is N#Cc1ccc(N2C(=O)[C@@H]3[C@H](C2=O)[C@@]2(COCc4ccccc4)C=C[C@]3(CCO)O2)cc1C(F)(F)F. The number of hydrogen-bond acceptors (Lipinski definition) is 6. The summed E-state index contributed by atoms with van der Waals surface area (Å²) in [6.45, 7) is -0.174. The summed E-state index contributed by atoms with van der Waals surface area (Å²) in [5, 5.41) is 18.8. The van der Waals surface area contributed by atoms with Gasteiger partial charge in [-0.05, 0) is 23.8 Å². The van der Waals surface area contributed by atoms with Crippen molar-refractivity contribution >= 4 is 17.5 Å². The lowest BCUT2D eigenvalue weighted by molar-refractivity contribution is -0.138. The highest BCUT2D eigenvalue weighted by molar-refractivity contribution is 6.23. The van der Waals surface area contributed by atoms with Gasteiger partial charge in [0.15, 0.2) is 0 Å². The fraction of sp³-hybridized carbons (Fsp3) is 0.346. The highest BCUT2D eigenvalue weighted by Crippen LogP contribution is 2.59. The summed E-state index contributed by atoms with van der Waals surface area (Å²) in [7, 11) is 0. The first kappa shape index (κ1) is 24.2. The van der Waals surface area contributed by atoms with Gasteiger partial charge in [-0.1, -0.05) is 42.5 Å². The number of nitrogens with zero attached hydrogens (tertiary/aromatic N) is 2. The zero-order valence-corrected chi connectivity index (χ0v) is 18.9. The number of aliphatic hydroxyl groups excluding tert-OH is 1. The lowest BCUT2D eigenvalue weighted by atomic mass is 9.71. The number of amides is 2. The van der Waals surface area contributed by atoms with E-state index in [4.69, 9.17) is 14.7 Å². The van der Waals surface area contributed by atoms with Gasteiger partial charge in [0.25, 0.3) is 0 Å². The summed E-state index contributed by atoms with van der Waals surface area (Å²) < 4.78 is 52.8. The van der Waals surface area contributed by atoms with Crippen LogP contribution in [0.5, 0.6) is 0 Å². The van der Waals surface area contributed by atoms with Crippen molar-refractivity contribution < 1.29 is 37.3 Å². The number of alkyl halides is 3. The van der Waals surface area contributed by atoms with E-state index in [1.54, 1.807) is 12.2 Å². The van der Waals surface area contributed by atoms with Crippen LogP contribution < -0.4 is 4.90 Å². The van der Waals surface area contributed by atoms with Crippen molar-refractivity contribution in [2.45, 2.75) is 30.4 Å². The summed E-state index contributed by atoms with van der Waals surface area (Å²) in [6.07, 6.45) is -1.52. The van der Waals surface area contributed by atoms with E-state index in [1.807, 2.05) is 30.3 Å². The average Bonchev–Trinajstić information content (AvgIpc) is 3.45. The maximum Gasteiger partial charge on any atom is 0.417 e. The number of imide groups is 1. The zero-order valence-electron chi connectivity index (χ0n) is 18.9. The van der Waals surface area contributed by atoms with Crippen molar-refractivity contribution in [3.8, 4) is 6.07 Å². The number of anilines is 1. The van der Waals surface area contributed by atoms with E-state index in [0.717, 1.165) is 22.6 Å². The van der Waals surface area contributed by atoms with Crippen LogP contribution in [0.25, 0.3) is 0 Å². The van der Waals surface area contributed by atoms with Crippen LogP contribution >= 0.6 is 0 Å². The van der Waals surface area contributed by atoms with Crippen molar-refractivity contribution in [3.05, 3.63) is 77.4 Å². The third kappa shape index (κ3) is 3.63. The minimum atomic E-state index is -4.85. The van der Waals surface area contributed by atoms with Crippen LogP contribution in [-0.2, 0) is 31.8 Å². The maximum atomic E-state index is 13.6. The number of benzene rings is 2. The topological polar surface area (TPSA) is 99.9 Å². The first-order chi connectivity index (χ1) is 17.2. The summed E-state index contributed by atoms with van der Waals surface area (Å²) >= 11 is 0. The molecule has 0 saturated carbocycles. The Morgan fingerprint density at radius 2 is 1.72 bits per heavy atom. The quantitative estimate of drug-likeness (QED) is 0.464. The molecule has 2 saturated heterocycles. The average molecular weight is 498 g/mol. The van der Waals surface area contributed by atoms with Gasteiger partial charge >= 0.3 is 6.18 Å². The number of halogens is 3. The number of carbonyl (C=O) groups is 2. The summed E-state index contributed by atoms with van der Waals surface area (Å²) in [5.41, 5.74) is -3.82. The molecule has 0 aliphatic carbocycles. The maximum absolute atomic E-state index is 13.6. The van der Waals surface area contributed by atoms with Crippen molar-refractivity contribution in [1.29, 1.82) is 5.26 Å². The predicted octanol–water partition coefficient (Wildman–Crippen LogP) is 3.36. The second-order valence-electron chi connectivity index (χ2n) is 9.10. The van der Waals surface area contributed by atoms with Gasteiger partial charge in [-0.25, -0.2) is 4.90 Å². The van der Waals surface area contributed by atoms with Crippen molar-refractivity contribution in [2.75, 3.05) is 18.1 Å². The third-order valence-corrected chi connectivity index (χ3v) is 7.02. The Labute approximate surface area is 204 Å². The summed E-state index contributed by atoms with van der Waals surface area (Å²) in [6, 6.07) is 13.5. The molecule has 0 spiro atoms. The molecule has 186 valence electrons. The van der Waals surface area contributed by atoms with Crippen LogP contribution in [0.15, 0.2) is 60.7 Å². The number of rotatable bonds is 7. The lowest BCUT2D eigenvalue weighted by Gasteiger charge is -2.30. The summed E-state index contributed by atoms with van der Waals surface area (Å²) in [5.74, 6) is -3.50. The Hall–Kier alpha value is -3.52. The first-order valence-corrected chi connectivity index (χ1v) is 11.3. The minimum Gasteiger partial charge on any atom is -0.396 e. The molecule has 2 fully saturated rings. The van der Waals surface area contributed by atoms with Gasteiger partial charge in [-0.15, -0.1) is 0 Å². The molecule has 0 aromatic heterocycles. The van der Waals surface area contributed by atoms with Crippen molar-refractivity contribution in [2.24, 2.45) is 11.8 Å². The largest absolute Gasteiger partial charge is 0.417 e. The molecule has 2 aromatic rings. The van der Waals surface area contributed by atoms with E-state index in [-0.39, 0.29) is 31.9 Å². The predicted molar refractivity (Wildman–Crippen MR) is 119 cm³/mol. The number of nitriles is 1. The Morgan fingerprint density at radius 3 is 2.36 bits per heavy atom. The number of hydrogen-bond donors (Lipinski definition) is 1. The molecule has 4 atom stereocenters. The molecule has 5 rings (SSSR count). The van der Waals surface area contributed by atoms with Crippen LogP contribution in [0.1, 0.15) is 23.1 Å². The molecule has 3 aliphatic heterocycles. The van der Waals surface area contributed by atoms with Crippen LogP contribution in [-0.4, -0.2) is 41.3 Å². The van der Waals surface area contributed by atoms with Gasteiger partial charge in [0, 0.05) is 13.0 Å². The standard InChI is InChI=1S/C26H21F3N2O5/c27-26(28,29)19-12-18(7-6-17(19)13-30)31-22(33)20-21(23(31)34)25(9-8-24(20,36-25)10-11-32)15-35-14-16-4-2-1-3-5-16/h1-9,12,20-21,32H,10-11,14-15H2/t20-,21+,24+,25-/m0/s1. The lowest BCUT2D eigenvalue weighted by Crippen LogP contribution is -2.44. The van der Waals surface area contributed by atoms with E-state index in [9.17, 15) is 27.9 Å². The minimum absolute atomic E-state index is 0.0269. The molecular weight excluding hydrogens is 477 g/mol. The molecule has 2 amide bonds. The molecular formula is C26H21F3N2O5. The smallest absolute Gasteiger partial charge is 0.396 e.